The normalized spacial score (nSPS) is 10.3. The molecule has 0 radical (unpaired) electrons. The van der Waals surface area contributed by atoms with Crippen LogP contribution in [0.15, 0.2) is 53.4 Å². The molecule has 0 unspecified atom stereocenters. The SMILES string of the molecule is CSc1ccc(OCCc2ccc(N)cc2)cc1. The van der Waals surface area contributed by atoms with Gasteiger partial charge in [0.15, 0.2) is 0 Å². The van der Waals surface area contributed by atoms with E-state index in [1.54, 1.807) is 11.8 Å². The largest absolute Gasteiger partial charge is 0.493 e. The second-order valence-electron chi connectivity index (χ2n) is 4.02. The first kappa shape index (κ1) is 12.8. The van der Waals surface area contributed by atoms with E-state index in [2.05, 4.69) is 18.4 Å². The maximum Gasteiger partial charge on any atom is 0.119 e. The van der Waals surface area contributed by atoms with Crippen LogP contribution < -0.4 is 10.5 Å². The summed E-state index contributed by atoms with van der Waals surface area (Å²) in [6, 6.07) is 16.1. The zero-order valence-corrected chi connectivity index (χ0v) is 11.2. The molecule has 0 saturated carbocycles. The van der Waals surface area contributed by atoms with Crippen molar-refractivity contribution < 1.29 is 4.74 Å². The lowest BCUT2D eigenvalue weighted by molar-refractivity contribution is 0.322. The van der Waals surface area contributed by atoms with Crippen LogP contribution in [-0.4, -0.2) is 12.9 Å². The van der Waals surface area contributed by atoms with Gasteiger partial charge in [-0.05, 0) is 48.2 Å². The van der Waals surface area contributed by atoms with Crippen molar-refractivity contribution in [1.29, 1.82) is 0 Å². The summed E-state index contributed by atoms with van der Waals surface area (Å²) in [6.07, 6.45) is 2.96. The number of benzene rings is 2. The molecule has 0 heterocycles. The first-order valence-corrected chi connectivity index (χ1v) is 7.11. The molecule has 2 rings (SSSR count). The van der Waals surface area contributed by atoms with Crippen molar-refractivity contribution in [3.63, 3.8) is 0 Å². The van der Waals surface area contributed by atoms with Crippen LogP contribution in [0.4, 0.5) is 5.69 Å². The molecule has 0 aliphatic rings. The average molecular weight is 259 g/mol. The number of nitrogens with two attached hydrogens (primary N) is 1. The van der Waals surface area contributed by atoms with Gasteiger partial charge < -0.3 is 10.5 Å². The zero-order chi connectivity index (χ0) is 12.8. The Bertz CT molecular complexity index is 479. The van der Waals surface area contributed by atoms with Crippen molar-refractivity contribution in [2.45, 2.75) is 11.3 Å². The third-order valence-corrected chi connectivity index (χ3v) is 3.44. The third-order valence-electron chi connectivity index (χ3n) is 2.70. The van der Waals surface area contributed by atoms with Gasteiger partial charge in [-0.3, -0.25) is 0 Å². The Kier molecular flexibility index (Phi) is 4.53. The summed E-state index contributed by atoms with van der Waals surface area (Å²) >= 11 is 1.73. The molecule has 2 aromatic carbocycles. The summed E-state index contributed by atoms with van der Waals surface area (Å²) < 4.78 is 5.70. The van der Waals surface area contributed by atoms with E-state index >= 15 is 0 Å². The minimum atomic E-state index is 0.683. The Morgan fingerprint density at radius 2 is 1.67 bits per heavy atom. The highest BCUT2D eigenvalue weighted by Crippen LogP contribution is 2.19. The van der Waals surface area contributed by atoms with Gasteiger partial charge in [-0.1, -0.05) is 12.1 Å². The smallest absolute Gasteiger partial charge is 0.119 e. The molecule has 3 heteroatoms. The Balaban J connectivity index is 1.82. The maximum absolute atomic E-state index is 5.70. The average Bonchev–Trinajstić information content (AvgIpc) is 2.42. The van der Waals surface area contributed by atoms with E-state index in [-0.39, 0.29) is 0 Å². The highest BCUT2D eigenvalue weighted by atomic mass is 32.2. The Morgan fingerprint density at radius 1 is 1.00 bits per heavy atom. The summed E-state index contributed by atoms with van der Waals surface area (Å²) in [5.41, 5.74) is 7.68. The van der Waals surface area contributed by atoms with Crippen molar-refractivity contribution in [1.82, 2.24) is 0 Å². The second-order valence-corrected chi connectivity index (χ2v) is 4.90. The molecule has 0 atom stereocenters. The third kappa shape index (κ3) is 3.70. The molecule has 0 fully saturated rings. The van der Waals surface area contributed by atoms with Crippen LogP contribution in [0, 0.1) is 0 Å². The Hall–Kier alpha value is -1.61. The number of thioether (sulfide) groups is 1. The standard InChI is InChI=1S/C15H17NOS/c1-18-15-8-6-14(7-9-15)17-11-10-12-2-4-13(16)5-3-12/h2-9H,10-11,16H2,1H3. The maximum atomic E-state index is 5.70. The fourth-order valence-corrected chi connectivity index (χ4v) is 2.05. The summed E-state index contributed by atoms with van der Waals surface area (Å²) in [6.45, 7) is 0.683. The lowest BCUT2D eigenvalue weighted by Gasteiger charge is -2.07. The van der Waals surface area contributed by atoms with E-state index in [1.165, 1.54) is 10.5 Å². The van der Waals surface area contributed by atoms with Crippen LogP contribution in [0.2, 0.25) is 0 Å². The molecular weight excluding hydrogens is 242 g/mol. The lowest BCUT2D eigenvalue weighted by atomic mass is 10.1. The van der Waals surface area contributed by atoms with Crippen molar-refractivity contribution in [2.24, 2.45) is 0 Å². The van der Waals surface area contributed by atoms with Crippen molar-refractivity contribution >= 4 is 17.4 Å². The Morgan fingerprint density at radius 3 is 2.28 bits per heavy atom. The molecule has 2 nitrogen and oxygen atoms in total. The van der Waals surface area contributed by atoms with Crippen LogP contribution in [0.3, 0.4) is 0 Å². The van der Waals surface area contributed by atoms with E-state index in [4.69, 9.17) is 10.5 Å². The van der Waals surface area contributed by atoms with Crippen LogP contribution in [0.25, 0.3) is 0 Å². The molecule has 94 valence electrons. The molecule has 0 spiro atoms. The molecule has 0 bridgehead atoms. The molecule has 0 aliphatic carbocycles. The fourth-order valence-electron chi connectivity index (χ4n) is 1.64. The minimum absolute atomic E-state index is 0.683. The van der Waals surface area contributed by atoms with E-state index in [0.717, 1.165) is 17.9 Å². The first-order chi connectivity index (χ1) is 8.78. The molecule has 0 amide bonds. The monoisotopic (exact) mass is 259 g/mol. The predicted octanol–water partition coefficient (Wildman–Crippen LogP) is 3.61. The molecule has 2 N–H and O–H groups in total. The van der Waals surface area contributed by atoms with Crippen LogP contribution in [0.1, 0.15) is 5.56 Å². The number of anilines is 1. The molecule has 0 aliphatic heterocycles. The van der Waals surface area contributed by atoms with Gasteiger partial charge in [0, 0.05) is 17.0 Å². The summed E-state index contributed by atoms with van der Waals surface area (Å²) in [7, 11) is 0. The first-order valence-electron chi connectivity index (χ1n) is 5.89. The molecule has 0 aromatic heterocycles. The zero-order valence-electron chi connectivity index (χ0n) is 10.4. The van der Waals surface area contributed by atoms with Gasteiger partial charge in [0.1, 0.15) is 5.75 Å². The van der Waals surface area contributed by atoms with E-state index < -0.39 is 0 Å². The van der Waals surface area contributed by atoms with Gasteiger partial charge in [-0.15, -0.1) is 11.8 Å². The van der Waals surface area contributed by atoms with Gasteiger partial charge in [-0.25, -0.2) is 0 Å². The summed E-state index contributed by atoms with van der Waals surface area (Å²) in [5, 5.41) is 0. The van der Waals surface area contributed by atoms with E-state index in [1.807, 2.05) is 36.4 Å². The van der Waals surface area contributed by atoms with Crippen molar-refractivity contribution in [3.05, 3.63) is 54.1 Å². The minimum Gasteiger partial charge on any atom is -0.493 e. The van der Waals surface area contributed by atoms with Crippen LogP contribution in [0.5, 0.6) is 5.75 Å². The van der Waals surface area contributed by atoms with E-state index in [0.29, 0.717) is 6.61 Å². The number of hydrogen-bond donors (Lipinski definition) is 1. The van der Waals surface area contributed by atoms with Crippen molar-refractivity contribution in [3.8, 4) is 5.75 Å². The van der Waals surface area contributed by atoms with Gasteiger partial charge in [-0.2, -0.15) is 0 Å². The molecule has 2 aromatic rings. The highest BCUT2D eigenvalue weighted by Gasteiger charge is 1.96. The van der Waals surface area contributed by atoms with E-state index in [9.17, 15) is 0 Å². The topological polar surface area (TPSA) is 35.2 Å². The van der Waals surface area contributed by atoms with Crippen molar-refractivity contribution in [2.75, 3.05) is 18.6 Å². The fraction of sp³-hybridized carbons (Fsp3) is 0.200. The predicted molar refractivity (Wildman–Crippen MR) is 78.3 cm³/mol. The molecule has 18 heavy (non-hydrogen) atoms. The van der Waals surface area contributed by atoms with Gasteiger partial charge >= 0.3 is 0 Å². The Labute approximate surface area is 112 Å². The highest BCUT2D eigenvalue weighted by molar-refractivity contribution is 7.98. The summed E-state index contributed by atoms with van der Waals surface area (Å²) in [4.78, 5) is 1.25. The van der Waals surface area contributed by atoms with Crippen LogP contribution in [-0.2, 0) is 6.42 Å². The molecular formula is C15H17NOS. The lowest BCUT2D eigenvalue weighted by Crippen LogP contribution is -2.01. The number of rotatable bonds is 5. The molecule has 0 saturated heterocycles. The van der Waals surface area contributed by atoms with Crippen LogP contribution >= 0.6 is 11.8 Å². The van der Waals surface area contributed by atoms with Gasteiger partial charge in [0.05, 0.1) is 6.61 Å². The quantitative estimate of drug-likeness (QED) is 0.658. The van der Waals surface area contributed by atoms with Gasteiger partial charge in [0.2, 0.25) is 0 Å². The number of nitrogen functional groups attached to an aromatic ring is 1. The second kappa shape index (κ2) is 6.36. The number of hydrogen-bond acceptors (Lipinski definition) is 3. The number of ether oxygens (including phenoxy) is 1. The summed E-state index contributed by atoms with van der Waals surface area (Å²) in [5.74, 6) is 0.920. The van der Waals surface area contributed by atoms with Gasteiger partial charge in [0.25, 0.3) is 0 Å².